The Kier molecular flexibility index (Phi) is 9.49. The van der Waals surface area contributed by atoms with Crippen LogP contribution in [-0.4, -0.2) is 55.6 Å². The van der Waals surface area contributed by atoms with Crippen molar-refractivity contribution in [3.63, 3.8) is 0 Å². The summed E-state index contributed by atoms with van der Waals surface area (Å²) >= 11 is 0. The van der Waals surface area contributed by atoms with Crippen LogP contribution in [0.3, 0.4) is 0 Å². The molecule has 2 aliphatic rings. The van der Waals surface area contributed by atoms with Crippen LogP contribution in [0, 0.1) is 5.92 Å². The van der Waals surface area contributed by atoms with Crippen molar-refractivity contribution in [2.45, 2.75) is 32.4 Å². The topological polar surface area (TPSA) is 90.9 Å². The van der Waals surface area contributed by atoms with Gasteiger partial charge in [-0.15, -0.1) is 0 Å². The van der Waals surface area contributed by atoms with Gasteiger partial charge in [0, 0.05) is 37.1 Å². The van der Waals surface area contributed by atoms with Gasteiger partial charge in [-0.05, 0) is 43.2 Å². The first-order valence-electron chi connectivity index (χ1n) is 10.5. The number of allylic oxidation sites excluding steroid dienone is 2. The van der Waals surface area contributed by atoms with E-state index in [1.807, 2.05) is 25.2 Å². The highest BCUT2D eigenvalue weighted by Crippen LogP contribution is 2.32. The van der Waals surface area contributed by atoms with E-state index in [4.69, 9.17) is 9.84 Å². The normalized spacial score (nSPS) is 19.5. The molecule has 1 aliphatic carbocycles. The van der Waals surface area contributed by atoms with Crippen LogP contribution >= 0.6 is 0 Å². The van der Waals surface area contributed by atoms with Crippen molar-refractivity contribution in [2.24, 2.45) is 5.92 Å². The van der Waals surface area contributed by atoms with Crippen LogP contribution in [0.2, 0.25) is 0 Å². The van der Waals surface area contributed by atoms with Gasteiger partial charge in [-0.1, -0.05) is 32.1 Å². The van der Waals surface area contributed by atoms with Gasteiger partial charge in [0.05, 0.1) is 12.2 Å². The molecule has 1 fully saturated rings. The maximum absolute atomic E-state index is 12.0. The standard InChI is InChI=1S/C18H20N2O4.C6H13N/c1-13-17(18(23)19-2)9-15(12-22)11-20(13)10-14-4-3-5-16(8-14)24-7-6-21;1-3-5-4-6(5)7-2/h3-5,8-9,11-12,21H,1,6-7,10H2,2H3,(H,19,23);5-7H,3-4H2,1-2H3/t;5?,6-/m.1/s1. The van der Waals surface area contributed by atoms with Crippen molar-refractivity contribution in [1.82, 2.24) is 15.5 Å². The van der Waals surface area contributed by atoms with Gasteiger partial charge in [0.15, 0.2) is 6.29 Å². The van der Waals surface area contributed by atoms with Gasteiger partial charge in [0.2, 0.25) is 0 Å². The molecule has 1 aliphatic heterocycles. The Morgan fingerprint density at radius 1 is 1.39 bits per heavy atom. The minimum absolute atomic E-state index is 0.0567. The first kappa shape index (κ1) is 24.4. The van der Waals surface area contributed by atoms with E-state index in [1.165, 1.54) is 26.0 Å². The van der Waals surface area contributed by atoms with Crippen molar-refractivity contribution in [3.8, 4) is 5.75 Å². The van der Waals surface area contributed by atoms with Gasteiger partial charge in [-0.2, -0.15) is 0 Å². The molecule has 2 atom stereocenters. The second-order valence-corrected chi connectivity index (χ2v) is 7.48. The lowest BCUT2D eigenvalue weighted by atomic mass is 10.0. The van der Waals surface area contributed by atoms with E-state index in [0.717, 1.165) is 17.5 Å². The zero-order valence-electron chi connectivity index (χ0n) is 18.6. The second kappa shape index (κ2) is 12.1. The number of amides is 1. The fourth-order valence-electron chi connectivity index (χ4n) is 3.38. The zero-order valence-corrected chi connectivity index (χ0v) is 18.6. The van der Waals surface area contributed by atoms with Crippen LogP contribution in [0.25, 0.3) is 0 Å². The van der Waals surface area contributed by atoms with Crippen molar-refractivity contribution >= 4 is 12.2 Å². The number of carbonyl (C=O) groups is 2. The third-order valence-electron chi connectivity index (χ3n) is 5.31. The Balaban J connectivity index is 0.000000412. The van der Waals surface area contributed by atoms with E-state index in [0.29, 0.717) is 35.4 Å². The molecule has 1 heterocycles. The molecule has 0 saturated heterocycles. The molecule has 1 aromatic carbocycles. The molecule has 1 amide bonds. The average Bonchev–Trinajstić information content (AvgIpc) is 3.58. The molecular weight excluding hydrogens is 394 g/mol. The molecular formula is C24H33N3O4. The van der Waals surface area contributed by atoms with E-state index in [2.05, 4.69) is 24.1 Å². The Bertz CT molecular complexity index is 839. The fourth-order valence-corrected chi connectivity index (χ4v) is 3.38. The lowest BCUT2D eigenvalue weighted by Crippen LogP contribution is -2.29. The van der Waals surface area contributed by atoms with Crippen LogP contribution in [0.15, 0.2) is 60.0 Å². The van der Waals surface area contributed by atoms with Crippen LogP contribution in [-0.2, 0) is 16.1 Å². The molecule has 168 valence electrons. The van der Waals surface area contributed by atoms with Crippen molar-refractivity contribution < 1.29 is 19.4 Å². The predicted molar refractivity (Wildman–Crippen MR) is 121 cm³/mol. The highest BCUT2D eigenvalue weighted by molar-refractivity contribution is 6.00. The molecule has 7 heteroatoms. The van der Waals surface area contributed by atoms with Gasteiger partial charge in [0.25, 0.3) is 5.91 Å². The fraction of sp³-hybridized carbons (Fsp3) is 0.417. The summed E-state index contributed by atoms with van der Waals surface area (Å²) < 4.78 is 5.39. The number of rotatable bonds is 9. The number of ether oxygens (including phenoxy) is 1. The Morgan fingerprint density at radius 2 is 2.16 bits per heavy atom. The molecule has 0 spiro atoms. The van der Waals surface area contributed by atoms with E-state index >= 15 is 0 Å². The largest absolute Gasteiger partial charge is 0.491 e. The Labute approximate surface area is 184 Å². The molecule has 0 radical (unpaired) electrons. The Morgan fingerprint density at radius 3 is 2.71 bits per heavy atom. The number of aldehydes is 1. The zero-order chi connectivity index (χ0) is 22.8. The quantitative estimate of drug-likeness (QED) is 0.523. The molecule has 7 nitrogen and oxygen atoms in total. The first-order valence-corrected chi connectivity index (χ1v) is 10.5. The monoisotopic (exact) mass is 427 g/mol. The number of nitrogens with zero attached hydrogens (tertiary/aromatic N) is 1. The Hall–Kier alpha value is -2.90. The van der Waals surface area contributed by atoms with Gasteiger partial charge < -0.3 is 25.4 Å². The number of likely N-dealkylation sites (N-methyl/N-ethyl adjacent to an activating group) is 1. The van der Waals surface area contributed by atoms with Crippen molar-refractivity contribution in [3.05, 3.63) is 65.5 Å². The summed E-state index contributed by atoms with van der Waals surface area (Å²) in [6.07, 6.45) is 6.64. The minimum atomic E-state index is -0.294. The second-order valence-electron chi connectivity index (χ2n) is 7.48. The van der Waals surface area contributed by atoms with Gasteiger partial charge in [0.1, 0.15) is 12.4 Å². The smallest absolute Gasteiger partial charge is 0.253 e. The highest BCUT2D eigenvalue weighted by atomic mass is 16.5. The first-order chi connectivity index (χ1) is 15.0. The maximum Gasteiger partial charge on any atom is 0.253 e. The molecule has 3 N–H and O–H groups in total. The summed E-state index contributed by atoms with van der Waals surface area (Å²) in [5, 5.41) is 14.6. The summed E-state index contributed by atoms with van der Waals surface area (Å²) in [4.78, 5) is 24.9. The highest BCUT2D eigenvalue weighted by Gasteiger charge is 2.33. The summed E-state index contributed by atoms with van der Waals surface area (Å²) in [7, 11) is 3.57. The van der Waals surface area contributed by atoms with Gasteiger partial charge in [-0.3, -0.25) is 9.59 Å². The molecule has 3 rings (SSSR count). The van der Waals surface area contributed by atoms with Crippen LogP contribution in [0.5, 0.6) is 5.75 Å². The number of aliphatic hydroxyl groups excluding tert-OH is 1. The summed E-state index contributed by atoms with van der Waals surface area (Å²) in [5.74, 6) is 1.35. The molecule has 1 aromatic rings. The molecule has 31 heavy (non-hydrogen) atoms. The third-order valence-corrected chi connectivity index (χ3v) is 5.31. The van der Waals surface area contributed by atoms with E-state index < -0.39 is 0 Å². The molecule has 0 aromatic heterocycles. The molecule has 0 bridgehead atoms. The number of hydrogen-bond acceptors (Lipinski definition) is 6. The number of nitrogens with one attached hydrogen (secondary N) is 2. The summed E-state index contributed by atoms with van der Waals surface area (Å²) in [6, 6.07) is 8.26. The molecule has 1 saturated carbocycles. The number of benzene rings is 1. The average molecular weight is 428 g/mol. The SMILES string of the molecule is C=C1C(C(=O)NC)=CC(C=O)=CN1Cc1cccc(OCCO)c1.CCC1C[C@H]1NC. The van der Waals surface area contributed by atoms with Crippen molar-refractivity contribution in [1.29, 1.82) is 0 Å². The van der Waals surface area contributed by atoms with E-state index in [1.54, 1.807) is 17.2 Å². The summed E-state index contributed by atoms with van der Waals surface area (Å²) in [6.45, 7) is 6.80. The number of hydrogen-bond donors (Lipinski definition) is 3. The number of aliphatic hydroxyl groups is 1. The van der Waals surface area contributed by atoms with Gasteiger partial charge >= 0.3 is 0 Å². The minimum Gasteiger partial charge on any atom is -0.491 e. The van der Waals surface area contributed by atoms with E-state index in [9.17, 15) is 9.59 Å². The maximum atomic E-state index is 12.0. The van der Waals surface area contributed by atoms with Crippen LogP contribution < -0.4 is 15.4 Å². The lowest BCUT2D eigenvalue weighted by Gasteiger charge is -2.28. The van der Waals surface area contributed by atoms with Crippen LogP contribution in [0.1, 0.15) is 25.3 Å². The van der Waals surface area contributed by atoms with Crippen LogP contribution in [0.4, 0.5) is 0 Å². The predicted octanol–water partition coefficient (Wildman–Crippen LogP) is 2.15. The summed E-state index contributed by atoms with van der Waals surface area (Å²) in [5.41, 5.74) is 2.19. The van der Waals surface area contributed by atoms with Gasteiger partial charge in [-0.25, -0.2) is 0 Å². The third kappa shape index (κ3) is 7.08. The van der Waals surface area contributed by atoms with Crippen molar-refractivity contribution in [2.75, 3.05) is 27.3 Å². The van der Waals surface area contributed by atoms with E-state index in [-0.39, 0.29) is 19.1 Å². The number of carbonyl (C=O) groups excluding carboxylic acids is 2. The lowest BCUT2D eigenvalue weighted by molar-refractivity contribution is -0.116. The molecule has 1 unspecified atom stereocenters.